The zero-order valence-corrected chi connectivity index (χ0v) is 13.9. The zero-order valence-electron chi connectivity index (χ0n) is 12.3. The summed E-state index contributed by atoms with van der Waals surface area (Å²) in [5, 5.41) is 0. The van der Waals surface area contributed by atoms with Crippen LogP contribution in [0.25, 0.3) is 0 Å². The molecule has 112 valence electrons. The third kappa shape index (κ3) is 3.67. The number of methoxy groups -OCH3 is 1. The number of halogens is 1. The molecule has 1 saturated carbocycles. The smallest absolute Gasteiger partial charge is 0.162 e. The maximum absolute atomic E-state index is 6.09. The summed E-state index contributed by atoms with van der Waals surface area (Å²) < 4.78 is 12.7. The first-order chi connectivity index (χ1) is 9.65. The van der Waals surface area contributed by atoms with Gasteiger partial charge in [-0.05, 0) is 62.3 Å². The Kier molecular flexibility index (Phi) is 5.73. The summed E-state index contributed by atoms with van der Waals surface area (Å²) in [6.45, 7) is 2.88. The third-order valence-corrected chi connectivity index (χ3v) is 4.70. The summed E-state index contributed by atoms with van der Waals surface area (Å²) in [6.07, 6.45) is 6.12. The fourth-order valence-electron chi connectivity index (χ4n) is 2.77. The Morgan fingerprint density at radius 1 is 1.30 bits per heavy atom. The van der Waals surface area contributed by atoms with Crippen LogP contribution in [0.4, 0.5) is 0 Å². The molecule has 1 aromatic carbocycles. The average Bonchev–Trinajstić information content (AvgIpc) is 2.92. The second-order valence-corrected chi connectivity index (χ2v) is 6.38. The Hall–Kier alpha value is -0.740. The third-order valence-electron chi connectivity index (χ3n) is 4.01. The maximum Gasteiger partial charge on any atom is 0.162 e. The number of benzene rings is 1. The second kappa shape index (κ2) is 7.32. The van der Waals surface area contributed by atoms with Crippen molar-refractivity contribution in [1.29, 1.82) is 0 Å². The van der Waals surface area contributed by atoms with Crippen molar-refractivity contribution >= 4 is 15.9 Å². The highest BCUT2D eigenvalue weighted by Crippen LogP contribution is 2.39. The topological polar surface area (TPSA) is 44.5 Å². The van der Waals surface area contributed by atoms with Gasteiger partial charge in [0.1, 0.15) is 0 Å². The van der Waals surface area contributed by atoms with E-state index in [1.54, 1.807) is 7.11 Å². The highest BCUT2D eigenvalue weighted by atomic mass is 79.9. The second-order valence-electron chi connectivity index (χ2n) is 5.53. The minimum atomic E-state index is 0.336. The van der Waals surface area contributed by atoms with E-state index >= 15 is 0 Å². The molecule has 1 aliphatic rings. The lowest BCUT2D eigenvalue weighted by molar-refractivity contribution is 0.200. The molecule has 1 aromatic rings. The van der Waals surface area contributed by atoms with Crippen LogP contribution in [0, 0.1) is 0 Å². The Labute approximate surface area is 130 Å². The molecule has 0 heterocycles. The van der Waals surface area contributed by atoms with Crippen molar-refractivity contribution in [2.24, 2.45) is 5.73 Å². The van der Waals surface area contributed by atoms with E-state index in [1.165, 1.54) is 18.4 Å². The van der Waals surface area contributed by atoms with Gasteiger partial charge in [0.2, 0.25) is 0 Å². The van der Waals surface area contributed by atoms with E-state index in [1.807, 2.05) is 6.07 Å². The molecular weight excluding hydrogens is 318 g/mol. The number of hydrogen-bond donors (Lipinski definition) is 1. The molecular formula is C16H24BrNO2. The van der Waals surface area contributed by atoms with Gasteiger partial charge in [0, 0.05) is 4.47 Å². The lowest BCUT2D eigenvalue weighted by Crippen LogP contribution is -2.12. The van der Waals surface area contributed by atoms with Gasteiger partial charge >= 0.3 is 0 Å². The molecule has 1 fully saturated rings. The monoisotopic (exact) mass is 341 g/mol. The Bertz CT molecular complexity index is 444. The predicted molar refractivity (Wildman–Crippen MR) is 85.7 cm³/mol. The van der Waals surface area contributed by atoms with Gasteiger partial charge in [0.05, 0.1) is 13.2 Å². The molecule has 2 N–H and O–H groups in total. The van der Waals surface area contributed by atoms with E-state index < -0.39 is 0 Å². The Balaban J connectivity index is 2.22. The molecule has 0 aliphatic heterocycles. The van der Waals surface area contributed by atoms with Crippen molar-refractivity contribution in [2.75, 3.05) is 13.7 Å². The van der Waals surface area contributed by atoms with Crippen molar-refractivity contribution in [3.05, 3.63) is 22.2 Å². The zero-order chi connectivity index (χ0) is 14.5. The van der Waals surface area contributed by atoms with Gasteiger partial charge in [-0.15, -0.1) is 0 Å². The fraction of sp³-hybridized carbons (Fsp3) is 0.625. The molecule has 4 heteroatoms. The minimum absolute atomic E-state index is 0.336. The van der Waals surface area contributed by atoms with E-state index in [4.69, 9.17) is 15.2 Å². The summed E-state index contributed by atoms with van der Waals surface area (Å²) >= 11 is 3.65. The summed E-state index contributed by atoms with van der Waals surface area (Å²) in [4.78, 5) is 0. The van der Waals surface area contributed by atoms with E-state index in [-0.39, 0.29) is 0 Å². The van der Waals surface area contributed by atoms with E-state index in [2.05, 4.69) is 28.9 Å². The number of hydrogen-bond acceptors (Lipinski definition) is 3. The Morgan fingerprint density at radius 3 is 2.60 bits per heavy atom. The highest BCUT2D eigenvalue weighted by molar-refractivity contribution is 9.10. The molecule has 2 rings (SSSR count). The summed E-state index contributed by atoms with van der Waals surface area (Å²) in [5.74, 6) is 2.07. The molecule has 0 radical (unpaired) electrons. The lowest BCUT2D eigenvalue weighted by Gasteiger charge is -2.20. The van der Waals surface area contributed by atoms with Crippen LogP contribution in [0.2, 0.25) is 0 Å². The number of nitrogens with two attached hydrogens (primary N) is 1. The minimum Gasteiger partial charge on any atom is -0.493 e. The van der Waals surface area contributed by atoms with Gasteiger partial charge in [-0.3, -0.25) is 0 Å². The van der Waals surface area contributed by atoms with E-state index in [0.717, 1.165) is 35.2 Å². The quantitative estimate of drug-likeness (QED) is 0.841. The van der Waals surface area contributed by atoms with Crippen molar-refractivity contribution in [1.82, 2.24) is 0 Å². The van der Waals surface area contributed by atoms with Crippen LogP contribution in [0.1, 0.15) is 50.5 Å². The summed E-state index contributed by atoms with van der Waals surface area (Å²) in [6, 6.07) is 4.12. The highest BCUT2D eigenvalue weighted by Gasteiger charge is 2.20. The van der Waals surface area contributed by atoms with Crippen LogP contribution in [0.5, 0.6) is 11.5 Å². The van der Waals surface area contributed by atoms with E-state index in [0.29, 0.717) is 18.6 Å². The molecule has 20 heavy (non-hydrogen) atoms. The van der Waals surface area contributed by atoms with E-state index in [9.17, 15) is 0 Å². The maximum atomic E-state index is 6.09. The molecule has 3 nitrogen and oxygen atoms in total. The molecule has 1 unspecified atom stereocenters. The van der Waals surface area contributed by atoms with Gasteiger partial charge < -0.3 is 15.2 Å². The van der Waals surface area contributed by atoms with Crippen LogP contribution in [-0.4, -0.2) is 19.8 Å². The summed E-state index contributed by atoms with van der Waals surface area (Å²) in [7, 11) is 1.70. The van der Waals surface area contributed by atoms with Crippen molar-refractivity contribution in [3.8, 4) is 11.5 Å². The first-order valence-corrected chi connectivity index (χ1v) is 8.19. The first kappa shape index (κ1) is 15.6. The SMILES string of the molecule is COc1cc(C(C)CCN)c(Br)cc1OC1CCCC1. The standard InChI is InChI=1S/C16H24BrNO2/c1-11(7-8-18)13-9-15(19-2)16(10-14(13)17)20-12-5-3-4-6-12/h9-12H,3-8,18H2,1-2H3. The van der Waals surface area contributed by atoms with Gasteiger partial charge in [-0.25, -0.2) is 0 Å². The molecule has 0 amide bonds. The predicted octanol–water partition coefficient (Wildman–Crippen LogP) is 4.23. The largest absolute Gasteiger partial charge is 0.493 e. The number of ether oxygens (including phenoxy) is 2. The van der Waals surface area contributed by atoms with Gasteiger partial charge in [0.25, 0.3) is 0 Å². The number of rotatable bonds is 6. The van der Waals surface area contributed by atoms with Crippen molar-refractivity contribution in [2.45, 2.75) is 51.0 Å². The first-order valence-electron chi connectivity index (χ1n) is 7.39. The van der Waals surface area contributed by atoms with Crippen LogP contribution in [0.15, 0.2) is 16.6 Å². The molecule has 0 bridgehead atoms. The Morgan fingerprint density at radius 2 is 2.00 bits per heavy atom. The van der Waals surface area contributed by atoms with Crippen LogP contribution in [-0.2, 0) is 0 Å². The summed E-state index contributed by atoms with van der Waals surface area (Å²) in [5.41, 5.74) is 6.88. The molecule has 0 aromatic heterocycles. The molecule has 1 atom stereocenters. The van der Waals surface area contributed by atoms with Crippen LogP contribution >= 0.6 is 15.9 Å². The van der Waals surface area contributed by atoms with Crippen molar-refractivity contribution < 1.29 is 9.47 Å². The van der Waals surface area contributed by atoms with Crippen LogP contribution in [0.3, 0.4) is 0 Å². The molecule has 0 spiro atoms. The normalized spacial score (nSPS) is 17.2. The lowest BCUT2D eigenvalue weighted by atomic mass is 9.97. The van der Waals surface area contributed by atoms with Gasteiger partial charge in [-0.1, -0.05) is 22.9 Å². The fourth-order valence-corrected chi connectivity index (χ4v) is 3.48. The molecule has 1 aliphatic carbocycles. The molecule has 0 saturated heterocycles. The van der Waals surface area contributed by atoms with Crippen molar-refractivity contribution in [3.63, 3.8) is 0 Å². The van der Waals surface area contributed by atoms with Crippen LogP contribution < -0.4 is 15.2 Å². The van der Waals surface area contributed by atoms with Gasteiger partial charge in [-0.2, -0.15) is 0 Å². The average molecular weight is 342 g/mol. The van der Waals surface area contributed by atoms with Gasteiger partial charge in [0.15, 0.2) is 11.5 Å².